The predicted molar refractivity (Wildman–Crippen MR) is 215 cm³/mol. The molecular weight excluding hydrogens is 703 g/mol. The highest BCUT2D eigenvalue weighted by Crippen LogP contribution is 2.31. The average Bonchev–Trinajstić information content (AvgIpc) is 3.87. The molecule has 12 heteroatoms. The lowest BCUT2D eigenvalue weighted by atomic mass is 9.84. The fraction of sp³-hybridized carbons (Fsp3) is 0.690. The van der Waals surface area contributed by atoms with Crippen LogP contribution >= 0.6 is 11.3 Å². The van der Waals surface area contributed by atoms with Gasteiger partial charge in [-0.25, -0.2) is 4.98 Å². The number of amides is 3. The van der Waals surface area contributed by atoms with Gasteiger partial charge in [-0.2, -0.15) is 0 Å². The molecule has 1 aliphatic rings. The molecule has 2 heterocycles. The number of carbonyl (C=O) groups excluding carboxylic acids is 4. The normalized spacial score (nSPS) is 19.1. The predicted octanol–water partition coefficient (Wildman–Crippen LogP) is 5.94. The third-order valence-corrected chi connectivity index (χ3v) is 12.4. The molecule has 54 heavy (non-hydrogen) atoms. The van der Waals surface area contributed by atoms with Gasteiger partial charge in [0.2, 0.25) is 17.7 Å². The molecule has 0 spiro atoms. The molecule has 1 fully saturated rings. The summed E-state index contributed by atoms with van der Waals surface area (Å²) >= 11 is 1.51. The summed E-state index contributed by atoms with van der Waals surface area (Å²) in [5.74, 6) is -1.32. The van der Waals surface area contributed by atoms with Crippen molar-refractivity contribution in [2.45, 2.75) is 123 Å². The second-order valence-corrected chi connectivity index (χ2v) is 16.7. The lowest BCUT2D eigenvalue weighted by Gasteiger charge is -2.41. The van der Waals surface area contributed by atoms with E-state index in [1.807, 2.05) is 75.2 Å². The number of likely N-dealkylation sites (N-methyl/N-ethyl adjacent to an activating group) is 2. The van der Waals surface area contributed by atoms with E-state index in [0.29, 0.717) is 19.4 Å². The number of nitrogens with zero attached hydrogens (tertiary/aromatic N) is 3. The number of ether oxygens (including phenoxy) is 2. The van der Waals surface area contributed by atoms with Crippen LogP contribution < -0.4 is 10.6 Å². The summed E-state index contributed by atoms with van der Waals surface area (Å²) in [4.78, 5) is 63.8. The van der Waals surface area contributed by atoms with Crippen LogP contribution in [-0.4, -0.2) is 103 Å². The van der Waals surface area contributed by atoms with E-state index in [4.69, 9.17) is 9.47 Å². The Morgan fingerprint density at radius 3 is 2.22 bits per heavy atom. The number of aromatic nitrogens is 1. The second-order valence-electron chi connectivity index (χ2n) is 15.7. The number of rotatable bonds is 22. The SMILES string of the molecule is CC[C@H](C)[C@@H]([C@@H](CC(=O)N1CCC[C@H]1[C@H](OC)[C@@H](C)C(=O)N[C@@H](Cc1ccccc1)c1nccs1)OC)N(C)C(=O)[C@@H](CC(=O)[C@@H](NC)C(C)C)C(C)C. The number of benzene rings is 1. The maximum absolute atomic E-state index is 14.3. The van der Waals surface area contributed by atoms with Gasteiger partial charge >= 0.3 is 0 Å². The minimum absolute atomic E-state index is 0.0208. The van der Waals surface area contributed by atoms with Crippen molar-refractivity contribution in [2.75, 3.05) is 34.9 Å². The number of hydrogen-bond acceptors (Lipinski definition) is 9. The van der Waals surface area contributed by atoms with Gasteiger partial charge in [-0.1, -0.05) is 85.2 Å². The van der Waals surface area contributed by atoms with E-state index in [9.17, 15) is 19.2 Å². The Balaban J connectivity index is 1.78. The monoisotopic (exact) mass is 769 g/mol. The highest BCUT2D eigenvalue weighted by Gasteiger charge is 2.43. The molecule has 3 rings (SSSR count). The van der Waals surface area contributed by atoms with Gasteiger partial charge in [-0.3, -0.25) is 19.2 Å². The molecule has 9 atom stereocenters. The number of thiazole rings is 1. The van der Waals surface area contributed by atoms with Crippen LogP contribution in [0.1, 0.15) is 97.2 Å². The van der Waals surface area contributed by atoms with E-state index in [1.165, 1.54) is 11.3 Å². The minimum atomic E-state index is -0.578. The van der Waals surface area contributed by atoms with E-state index >= 15 is 0 Å². The molecule has 1 aromatic carbocycles. The number of ketones is 1. The Morgan fingerprint density at radius 1 is 1.00 bits per heavy atom. The lowest BCUT2D eigenvalue weighted by Crippen LogP contribution is -2.54. The highest BCUT2D eigenvalue weighted by atomic mass is 32.1. The summed E-state index contributed by atoms with van der Waals surface area (Å²) in [5, 5.41) is 9.10. The van der Waals surface area contributed by atoms with Crippen LogP contribution in [0.2, 0.25) is 0 Å². The van der Waals surface area contributed by atoms with E-state index in [1.54, 1.807) is 39.4 Å². The first kappa shape index (κ1) is 45.2. The average molecular weight is 770 g/mol. The number of nitrogens with one attached hydrogen (secondary N) is 2. The Bertz CT molecular complexity index is 1460. The van der Waals surface area contributed by atoms with E-state index in [0.717, 1.165) is 23.4 Å². The van der Waals surface area contributed by atoms with E-state index in [2.05, 4.69) is 29.5 Å². The summed E-state index contributed by atoms with van der Waals surface area (Å²) in [6.07, 6.45) is 3.73. The van der Waals surface area contributed by atoms with Crippen molar-refractivity contribution in [3.63, 3.8) is 0 Å². The van der Waals surface area contributed by atoms with Gasteiger partial charge < -0.3 is 29.9 Å². The molecule has 0 bridgehead atoms. The summed E-state index contributed by atoms with van der Waals surface area (Å²) in [7, 11) is 6.76. The molecule has 302 valence electrons. The van der Waals surface area contributed by atoms with E-state index in [-0.39, 0.29) is 72.2 Å². The van der Waals surface area contributed by atoms with Gasteiger partial charge in [-0.15, -0.1) is 11.3 Å². The van der Waals surface area contributed by atoms with Crippen molar-refractivity contribution >= 4 is 34.8 Å². The second kappa shape index (κ2) is 21.8. The molecule has 0 radical (unpaired) electrons. The Hall–Kier alpha value is -3.19. The zero-order valence-electron chi connectivity index (χ0n) is 34.5. The topological polar surface area (TPSA) is 130 Å². The van der Waals surface area contributed by atoms with Crippen molar-refractivity contribution < 1.29 is 28.7 Å². The van der Waals surface area contributed by atoms with Crippen LogP contribution in [0.3, 0.4) is 0 Å². The van der Waals surface area contributed by atoms with Gasteiger partial charge in [0, 0.05) is 51.7 Å². The smallest absolute Gasteiger partial charge is 0.226 e. The number of Topliss-reactive ketones (excluding diaryl/α,β-unsaturated/α-hetero) is 1. The summed E-state index contributed by atoms with van der Waals surface area (Å²) in [6, 6.07) is 8.71. The van der Waals surface area contributed by atoms with Crippen molar-refractivity contribution in [3.8, 4) is 0 Å². The Labute approximate surface area is 328 Å². The number of hydrogen-bond donors (Lipinski definition) is 2. The molecule has 2 aromatic rings. The van der Waals surface area contributed by atoms with Gasteiger partial charge in [-0.05, 0) is 49.6 Å². The quantitative estimate of drug-likeness (QED) is 0.151. The standard InChI is InChI=1S/C42H67N5O6S/c1-12-28(6)38(46(9)42(51)31(26(2)3)24-34(48)37(43-8)27(4)5)35(52-10)25-36(49)47-21-16-19-33(47)39(53-11)29(7)40(50)45-32(41-44-20-22-54-41)23-30-17-14-13-15-18-30/h13-15,17-18,20,22,26-29,31-33,35,37-39,43H,12,16,19,21,23-25H2,1-11H3,(H,45,50)/t28-,29+,31-,32-,33-,35+,37-,38-,39+/m0/s1. The number of methoxy groups -OCH3 is 2. The lowest BCUT2D eigenvalue weighted by molar-refractivity contribution is -0.149. The van der Waals surface area contributed by atoms with Crippen LogP contribution in [-0.2, 0) is 35.1 Å². The molecule has 11 nitrogen and oxygen atoms in total. The van der Waals surface area contributed by atoms with Crippen molar-refractivity contribution in [1.82, 2.24) is 25.4 Å². The third-order valence-electron chi connectivity index (χ3n) is 11.5. The summed E-state index contributed by atoms with van der Waals surface area (Å²) in [5.41, 5.74) is 1.10. The zero-order chi connectivity index (χ0) is 40.1. The Kier molecular flexibility index (Phi) is 18.2. The Morgan fingerprint density at radius 2 is 1.69 bits per heavy atom. The zero-order valence-corrected chi connectivity index (χ0v) is 35.4. The molecule has 1 saturated heterocycles. The van der Waals surface area contributed by atoms with Gasteiger partial charge in [0.1, 0.15) is 5.01 Å². The highest BCUT2D eigenvalue weighted by molar-refractivity contribution is 7.09. The molecule has 0 saturated carbocycles. The van der Waals surface area contributed by atoms with Crippen LogP contribution in [0, 0.1) is 29.6 Å². The molecule has 0 aliphatic carbocycles. The maximum atomic E-state index is 14.3. The molecule has 0 unspecified atom stereocenters. The van der Waals surface area contributed by atoms with Crippen LogP contribution in [0.5, 0.6) is 0 Å². The fourth-order valence-electron chi connectivity index (χ4n) is 8.15. The first-order valence-corrected chi connectivity index (χ1v) is 20.6. The fourth-order valence-corrected chi connectivity index (χ4v) is 8.83. The van der Waals surface area contributed by atoms with Crippen LogP contribution in [0.15, 0.2) is 41.9 Å². The first-order valence-electron chi connectivity index (χ1n) is 19.8. The molecular formula is C42H67N5O6S. The molecule has 1 aliphatic heterocycles. The van der Waals surface area contributed by atoms with Crippen LogP contribution in [0.4, 0.5) is 0 Å². The van der Waals surface area contributed by atoms with Gasteiger partial charge in [0.25, 0.3) is 0 Å². The first-order chi connectivity index (χ1) is 25.7. The summed E-state index contributed by atoms with van der Waals surface area (Å²) in [6.45, 7) is 14.5. The van der Waals surface area contributed by atoms with Crippen molar-refractivity contribution in [2.24, 2.45) is 29.6 Å². The summed E-state index contributed by atoms with van der Waals surface area (Å²) < 4.78 is 12.1. The minimum Gasteiger partial charge on any atom is -0.379 e. The van der Waals surface area contributed by atoms with Crippen molar-refractivity contribution in [1.29, 1.82) is 0 Å². The van der Waals surface area contributed by atoms with Gasteiger partial charge in [0.05, 0.1) is 48.7 Å². The number of carbonyl (C=O) groups is 4. The van der Waals surface area contributed by atoms with Crippen LogP contribution in [0.25, 0.3) is 0 Å². The van der Waals surface area contributed by atoms with E-state index < -0.39 is 30.1 Å². The molecule has 1 aromatic heterocycles. The maximum Gasteiger partial charge on any atom is 0.226 e. The largest absolute Gasteiger partial charge is 0.379 e. The van der Waals surface area contributed by atoms with Crippen molar-refractivity contribution in [3.05, 3.63) is 52.5 Å². The number of likely N-dealkylation sites (tertiary alicyclic amines) is 1. The molecule has 2 N–H and O–H groups in total. The third kappa shape index (κ3) is 11.7. The van der Waals surface area contributed by atoms with Gasteiger partial charge in [0.15, 0.2) is 5.78 Å². The molecule has 3 amide bonds.